The quantitative estimate of drug-likeness (QED) is 0.321. The van der Waals surface area contributed by atoms with Crippen LogP contribution in [0.1, 0.15) is 40.0 Å². The standard InChI is InChI=1S/C27H25N3O2S/c1-20(23-6-10-25(11-7-23)32-18-21-4-2-14-28-16-21)30-27(31)24-8-12-26(13-9-24)33-19-22-5-3-15-29-17-22/h2-17,20H,18-19H2,1H3,(H,30,31). The molecule has 0 saturated carbocycles. The summed E-state index contributed by atoms with van der Waals surface area (Å²) >= 11 is 1.72. The van der Waals surface area contributed by atoms with E-state index in [9.17, 15) is 4.79 Å². The summed E-state index contributed by atoms with van der Waals surface area (Å²) in [6.07, 6.45) is 7.17. The summed E-state index contributed by atoms with van der Waals surface area (Å²) < 4.78 is 5.80. The molecule has 33 heavy (non-hydrogen) atoms. The molecule has 1 unspecified atom stereocenters. The number of aromatic nitrogens is 2. The van der Waals surface area contributed by atoms with E-state index in [0.29, 0.717) is 12.2 Å². The van der Waals surface area contributed by atoms with Crippen molar-refractivity contribution in [3.8, 4) is 5.75 Å². The van der Waals surface area contributed by atoms with E-state index in [0.717, 1.165) is 27.5 Å². The number of benzene rings is 2. The number of thioether (sulfide) groups is 1. The Morgan fingerprint density at radius 1 is 0.909 bits per heavy atom. The largest absolute Gasteiger partial charge is 0.489 e. The summed E-state index contributed by atoms with van der Waals surface area (Å²) in [5.74, 6) is 1.53. The lowest BCUT2D eigenvalue weighted by Gasteiger charge is -2.15. The van der Waals surface area contributed by atoms with E-state index in [-0.39, 0.29) is 11.9 Å². The van der Waals surface area contributed by atoms with Crippen LogP contribution in [0.15, 0.2) is 102 Å². The molecule has 0 spiro atoms. The fourth-order valence-corrected chi connectivity index (χ4v) is 4.05. The van der Waals surface area contributed by atoms with Crippen LogP contribution in [0.4, 0.5) is 0 Å². The molecule has 0 aliphatic carbocycles. The Kier molecular flexibility index (Phi) is 7.72. The second-order valence-corrected chi connectivity index (χ2v) is 8.64. The first kappa shape index (κ1) is 22.6. The lowest BCUT2D eigenvalue weighted by molar-refractivity contribution is 0.0940. The van der Waals surface area contributed by atoms with Gasteiger partial charge in [0.15, 0.2) is 0 Å². The van der Waals surface area contributed by atoms with Crippen molar-refractivity contribution < 1.29 is 9.53 Å². The van der Waals surface area contributed by atoms with Gasteiger partial charge in [0.2, 0.25) is 0 Å². The summed E-state index contributed by atoms with van der Waals surface area (Å²) in [5.41, 5.74) is 3.85. The van der Waals surface area contributed by atoms with Crippen LogP contribution in [-0.4, -0.2) is 15.9 Å². The van der Waals surface area contributed by atoms with Crippen LogP contribution in [0, 0.1) is 0 Å². The minimum atomic E-state index is -0.121. The van der Waals surface area contributed by atoms with Gasteiger partial charge in [0.05, 0.1) is 6.04 Å². The van der Waals surface area contributed by atoms with Crippen LogP contribution in [0.25, 0.3) is 0 Å². The Bertz CT molecular complexity index is 1150. The fraction of sp³-hybridized carbons (Fsp3) is 0.148. The highest BCUT2D eigenvalue weighted by atomic mass is 32.2. The minimum absolute atomic E-state index is 0.0942. The number of nitrogens with zero attached hydrogens (tertiary/aromatic N) is 2. The number of carbonyl (C=O) groups excluding carboxylic acids is 1. The fourth-order valence-electron chi connectivity index (χ4n) is 3.22. The van der Waals surface area contributed by atoms with Crippen LogP contribution >= 0.6 is 11.8 Å². The maximum Gasteiger partial charge on any atom is 0.251 e. The topological polar surface area (TPSA) is 64.1 Å². The Morgan fingerprint density at radius 3 is 2.21 bits per heavy atom. The summed E-state index contributed by atoms with van der Waals surface area (Å²) in [5, 5.41) is 3.06. The van der Waals surface area contributed by atoms with Gasteiger partial charge in [-0.15, -0.1) is 11.8 Å². The first-order valence-corrected chi connectivity index (χ1v) is 11.7. The van der Waals surface area contributed by atoms with E-state index in [1.54, 1.807) is 30.4 Å². The lowest BCUT2D eigenvalue weighted by Crippen LogP contribution is -2.26. The molecule has 0 fully saturated rings. The zero-order chi connectivity index (χ0) is 22.9. The number of rotatable bonds is 9. The Labute approximate surface area is 198 Å². The van der Waals surface area contributed by atoms with Crippen molar-refractivity contribution in [2.75, 3.05) is 0 Å². The Morgan fingerprint density at radius 2 is 1.58 bits per heavy atom. The number of nitrogens with one attached hydrogen (secondary N) is 1. The monoisotopic (exact) mass is 455 g/mol. The first-order valence-electron chi connectivity index (χ1n) is 10.7. The highest BCUT2D eigenvalue weighted by Crippen LogP contribution is 2.23. The third kappa shape index (κ3) is 6.67. The van der Waals surface area contributed by atoms with Crippen molar-refractivity contribution in [2.24, 2.45) is 0 Å². The summed E-state index contributed by atoms with van der Waals surface area (Å²) in [6.45, 7) is 2.44. The highest BCUT2D eigenvalue weighted by Gasteiger charge is 2.12. The summed E-state index contributed by atoms with van der Waals surface area (Å²) in [7, 11) is 0. The molecule has 1 N–H and O–H groups in total. The Balaban J connectivity index is 1.27. The van der Waals surface area contributed by atoms with Gasteiger partial charge in [-0.1, -0.05) is 24.3 Å². The second kappa shape index (κ2) is 11.3. The summed E-state index contributed by atoms with van der Waals surface area (Å²) in [6, 6.07) is 23.2. The highest BCUT2D eigenvalue weighted by molar-refractivity contribution is 7.98. The van der Waals surface area contributed by atoms with Gasteiger partial charge in [-0.05, 0) is 66.6 Å². The third-order valence-electron chi connectivity index (χ3n) is 5.10. The zero-order valence-electron chi connectivity index (χ0n) is 18.3. The molecule has 6 heteroatoms. The number of amides is 1. The van der Waals surface area contributed by atoms with Gasteiger partial charge < -0.3 is 10.1 Å². The molecule has 0 saturated heterocycles. The maximum absolute atomic E-state index is 12.7. The predicted octanol–water partition coefficient (Wildman–Crippen LogP) is 5.84. The number of pyridine rings is 2. The molecule has 1 atom stereocenters. The molecule has 2 heterocycles. The Hall–Kier alpha value is -3.64. The smallest absolute Gasteiger partial charge is 0.251 e. The van der Waals surface area contributed by atoms with Crippen LogP contribution in [-0.2, 0) is 12.4 Å². The molecule has 4 aromatic rings. The predicted molar refractivity (Wildman–Crippen MR) is 131 cm³/mol. The van der Waals surface area contributed by atoms with Gasteiger partial charge in [-0.25, -0.2) is 0 Å². The molecule has 2 aromatic heterocycles. The number of hydrogen-bond donors (Lipinski definition) is 1. The number of ether oxygens (including phenoxy) is 1. The number of carbonyl (C=O) groups is 1. The second-order valence-electron chi connectivity index (χ2n) is 7.59. The molecule has 166 valence electrons. The normalized spacial score (nSPS) is 11.5. The molecular formula is C27H25N3O2S. The van der Waals surface area contributed by atoms with Crippen molar-refractivity contribution in [3.63, 3.8) is 0 Å². The van der Waals surface area contributed by atoms with Crippen molar-refractivity contribution in [2.45, 2.75) is 30.2 Å². The van der Waals surface area contributed by atoms with Crippen molar-refractivity contribution in [1.82, 2.24) is 15.3 Å². The first-order chi connectivity index (χ1) is 16.2. The number of hydrogen-bond acceptors (Lipinski definition) is 5. The lowest BCUT2D eigenvalue weighted by atomic mass is 10.1. The molecule has 1 amide bonds. The molecule has 0 radical (unpaired) electrons. The SMILES string of the molecule is CC(NC(=O)c1ccc(SCc2cccnc2)cc1)c1ccc(OCc2cccnc2)cc1. The van der Waals surface area contributed by atoms with E-state index in [1.165, 1.54) is 5.56 Å². The van der Waals surface area contributed by atoms with Gasteiger partial charge in [0.25, 0.3) is 5.91 Å². The van der Waals surface area contributed by atoms with Crippen molar-refractivity contribution in [1.29, 1.82) is 0 Å². The van der Waals surface area contributed by atoms with Crippen LogP contribution in [0.3, 0.4) is 0 Å². The van der Waals surface area contributed by atoms with Crippen molar-refractivity contribution >= 4 is 17.7 Å². The molecule has 0 aliphatic rings. The maximum atomic E-state index is 12.7. The van der Waals surface area contributed by atoms with E-state index < -0.39 is 0 Å². The van der Waals surface area contributed by atoms with Crippen molar-refractivity contribution in [3.05, 3.63) is 120 Å². The molecule has 5 nitrogen and oxygen atoms in total. The zero-order valence-corrected chi connectivity index (χ0v) is 19.2. The molecule has 2 aromatic carbocycles. The van der Waals surface area contributed by atoms with Gasteiger partial charge >= 0.3 is 0 Å². The van der Waals surface area contributed by atoms with Crippen LogP contribution < -0.4 is 10.1 Å². The van der Waals surface area contributed by atoms with Gasteiger partial charge in [-0.3, -0.25) is 14.8 Å². The van der Waals surface area contributed by atoms with E-state index in [2.05, 4.69) is 21.4 Å². The van der Waals surface area contributed by atoms with Crippen LogP contribution in [0.5, 0.6) is 5.75 Å². The average molecular weight is 456 g/mol. The molecule has 0 aliphatic heterocycles. The van der Waals surface area contributed by atoms with E-state index >= 15 is 0 Å². The molecular weight excluding hydrogens is 430 g/mol. The molecule has 4 rings (SSSR count). The average Bonchev–Trinajstić information content (AvgIpc) is 2.88. The third-order valence-corrected chi connectivity index (χ3v) is 6.18. The van der Waals surface area contributed by atoms with Crippen LogP contribution in [0.2, 0.25) is 0 Å². The van der Waals surface area contributed by atoms with Gasteiger partial charge in [-0.2, -0.15) is 0 Å². The van der Waals surface area contributed by atoms with Gasteiger partial charge in [0, 0.05) is 46.6 Å². The van der Waals surface area contributed by atoms with E-state index in [1.807, 2.05) is 79.9 Å². The molecule has 0 bridgehead atoms. The minimum Gasteiger partial charge on any atom is -0.489 e. The van der Waals surface area contributed by atoms with E-state index in [4.69, 9.17) is 4.74 Å². The van der Waals surface area contributed by atoms with Gasteiger partial charge in [0.1, 0.15) is 12.4 Å². The summed E-state index contributed by atoms with van der Waals surface area (Å²) in [4.78, 5) is 22.0.